The molecule has 3 aromatic rings. The molecule has 5 rings (SSSR count). The molecule has 252 valence electrons. The summed E-state index contributed by atoms with van der Waals surface area (Å²) < 4.78 is 76.9. The summed E-state index contributed by atoms with van der Waals surface area (Å²) >= 11 is 0. The third-order valence-electron chi connectivity index (χ3n) is 7.02. The number of benzene rings is 2. The smallest absolute Gasteiger partial charge is 0.475 e. The van der Waals surface area contributed by atoms with Crippen LogP contribution in [0.4, 0.5) is 36.4 Å². The van der Waals surface area contributed by atoms with E-state index in [4.69, 9.17) is 19.8 Å². The van der Waals surface area contributed by atoms with E-state index in [1.54, 1.807) is 30.6 Å². The number of pyridine rings is 1. The van der Waals surface area contributed by atoms with Gasteiger partial charge in [0.05, 0.1) is 5.56 Å². The number of hydrogen-bond donors (Lipinski definition) is 3. The highest BCUT2D eigenvalue weighted by atomic mass is 19.4. The van der Waals surface area contributed by atoms with Gasteiger partial charge >= 0.3 is 24.3 Å². The molecule has 2 atom stereocenters. The molecule has 1 aromatic heterocycles. The number of nitrogens with one attached hydrogen (secondary N) is 1. The van der Waals surface area contributed by atoms with E-state index in [-0.39, 0.29) is 23.9 Å². The van der Waals surface area contributed by atoms with E-state index in [1.165, 1.54) is 18.2 Å². The molecular weight excluding hydrogens is 645 g/mol. The molecule has 0 bridgehead atoms. The number of alkyl halides is 6. The number of carboxylic acids is 2. The van der Waals surface area contributed by atoms with Gasteiger partial charge in [-0.1, -0.05) is 24.3 Å². The van der Waals surface area contributed by atoms with Gasteiger partial charge in [0.25, 0.3) is 11.8 Å². The van der Waals surface area contributed by atoms with Crippen LogP contribution in [0, 0.1) is 5.82 Å². The second kappa shape index (κ2) is 15.5. The standard InChI is InChI=1S/C26H25FN4O2.2C2HF3O2/c27-21-8-3-6-18(13-21)25(32)29-15-22-10-11-23-17-31(26(33)19-7-4-12-28-14-19)24-9-2-1-5-20(24)16-30(22)23;2*3-2(4,5)1(6)7/h1-9,12-14,22-23H,10-11,15-17H2,(H,29,32);2*(H,6,7). The van der Waals surface area contributed by atoms with Crippen LogP contribution in [0.1, 0.15) is 39.1 Å². The van der Waals surface area contributed by atoms with Crippen LogP contribution in [-0.4, -0.2) is 81.4 Å². The maximum absolute atomic E-state index is 13.5. The quantitative estimate of drug-likeness (QED) is 0.333. The first kappa shape index (κ1) is 36.4. The predicted octanol–water partition coefficient (Wildman–Crippen LogP) is 4.91. The molecular formula is C30H27F7N4O6. The van der Waals surface area contributed by atoms with Crippen LogP contribution in [0.5, 0.6) is 0 Å². The highest BCUT2D eigenvalue weighted by Crippen LogP contribution is 2.35. The molecule has 3 N–H and O–H groups in total. The molecule has 1 saturated heterocycles. The SMILES string of the molecule is O=C(NCC1CCC2CN(C(=O)c3cccnc3)c3ccccc3CN12)c1cccc(F)c1.O=C(O)C(F)(F)F.O=C(O)C(F)(F)F. The summed E-state index contributed by atoms with van der Waals surface area (Å²) in [4.78, 5) is 52.0. The Balaban J connectivity index is 0.000000360. The summed E-state index contributed by atoms with van der Waals surface area (Å²) in [5, 5.41) is 17.2. The van der Waals surface area contributed by atoms with Gasteiger partial charge in [0, 0.05) is 55.4 Å². The van der Waals surface area contributed by atoms with Gasteiger partial charge in [-0.15, -0.1) is 0 Å². The molecule has 47 heavy (non-hydrogen) atoms. The molecule has 0 aliphatic carbocycles. The summed E-state index contributed by atoms with van der Waals surface area (Å²) in [6, 6.07) is 17.6. The zero-order valence-corrected chi connectivity index (χ0v) is 24.1. The Morgan fingerprint density at radius 3 is 2.04 bits per heavy atom. The fourth-order valence-corrected chi connectivity index (χ4v) is 4.88. The minimum atomic E-state index is -5.08. The van der Waals surface area contributed by atoms with Crippen molar-refractivity contribution in [2.24, 2.45) is 0 Å². The number of carboxylic acid groups (broad SMARTS) is 2. The van der Waals surface area contributed by atoms with Crippen LogP contribution in [-0.2, 0) is 16.1 Å². The summed E-state index contributed by atoms with van der Waals surface area (Å²) in [5.41, 5.74) is 2.89. The molecule has 2 amide bonds. The predicted molar refractivity (Wildman–Crippen MR) is 151 cm³/mol. The van der Waals surface area contributed by atoms with Gasteiger partial charge in [0.2, 0.25) is 0 Å². The maximum atomic E-state index is 13.5. The maximum Gasteiger partial charge on any atom is 0.490 e. The number of carbonyl (C=O) groups is 4. The number of fused-ring (bicyclic) bond motifs is 2. The number of aliphatic carboxylic acids is 2. The van der Waals surface area contributed by atoms with Crippen molar-refractivity contribution in [1.82, 2.24) is 15.2 Å². The normalized spacial score (nSPS) is 17.4. The largest absolute Gasteiger partial charge is 0.490 e. The minimum absolute atomic E-state index is 0.0553. The molecule has 2 aromatic carbocycles. The molecule has 2 aliphatic rings. The van der Waals surface area contributed by atoms with Crippen LogP contribution < -0.4 is 10.2 Å². The molecule has 1 fully saturated rings. The van der Waals surface area contributed by atoms with Gasteiger partial charge in [0.1, 0.15) is 5.82 Å². The lowest BCUT2D eigenvalue weighted by molar-refractivity contribution is -0.193. The molecule has 17 heteroatoms. The van der Waals surface area contributed by atoms with Gasteiger partial charge in [-0.05, 0) is 54.8 Å². The van der Waals surface area contributed by atoms with Crippen molar-refractivity contribution in [3.8, 4) is 0 Å². The van der Waals surface area contributed by atoms with Crippen LogP contribution in [0.25, 0.3) is 0 Å². The fourth-order valence-electron chi connectivity index (χ4n) is 4.88. The Morgan fingerprint density at radius 2 is 1.47 bits per heavy atom. The van der Waals surface area contributed by atoms with E-state index in [2.05, 4.69) is 21.3 Å². The number of nitrogens with zero attached hydrogens (tertiary/aromatic N) is 3. The summed E-state index contributed by atoms with van der Waals surface area (Å²) in [6.07, 6.45) is -5.04. The number of aromatic nitrogens is 1. The van der Waals surface area contributed by atoms with Crippen molar-refractivity contribution in [3.05, 3.63) is 95.6 Å². The number of para-hydroxylation sites is 1. The molecule has 0 radical (unpaired) electrons. The van der Waals surface area contributed by atoms with Crippen molar-refractivity contribution in [2.75, 3.05) is 18.0 Å². The van der Waals surface area contributed by atoms with Crippen molar-refractivity contribution in [1.29, 1.82) is 0 Å². The van der Waals surface area contributed by atoms with Crippen molar-refractivity contribution >= 4 is 29.4 Å². The number of amides is 2. The van der Waals surface area contributed by atoms with Gasteiger partial charge in [-0.3, -0.25) is 19.5 Å². The Bertz CT molecular complexity index is 1550. The summed E-state index contributed by atoms with van der Waals surface area (Å²) in [7, 11) is 0. The van der Waals surface area contributed by atoms with E-state index in [0.29, 0.717) is 30.8 Å². The zero-order chi connectivity index (χ0) is 34.9. The number of halogens is 7. The number of hydrogen-bond acceptors (Lipinski definition) is 6. The van der Waals surface area contributed by atoms with Crippen LogP contribution in [0.2, 0.25) is 0 Å². The van der Waals surface area contributed by atoms with Crippen LogP contribution >= 0.6 is 0 Å². The van der Waals surface area contributed by atoms with E-state index >= 15 is 0 Å². The highest BCUT2D eigenvalue weighted by Gasteiger charge is 2.40. The second-order valence-electron chi connectivity index (χ2n) is 10.2. The van der Waals surface area contributed by atoms with Gasteiger partial charge in [-0.2, -0.15) is 26.3 Å². The number of carbonyl (C=O) groups excluding carboxylic acids is 2. The monoisotopic (exact) mass is 672 g/mol. The molecule has 10 nitrogen and oxygen atoms in total. The Morgan fingerprint density at radius 1 is 0.851 bits per heavy atom. The van der Waals surface area contributed by atoms with Crippen LogP contribution in [0.3, 0.4) is 0 Å². The summed E-state index contributed by atoms with van der Waals surface area (Å²) in [6.45, 7) is 1.77. The lowest BCUT2D eigenvalue weighted by atomic mass is 10.1. The van der Waals surface area contributed by atoms with E-state index in [9.17, 15) is 40.3 Å². The Labute approximate surface area is 262 Å². The lowest BCUT2D eigenvalue weighted by Crippen LogP contribution is -2.45. The van der Waals surface area contributed by atoms with Gasteiger partial charge in [-0.25, -0.2) is 14.0 Å². The molecule has 2 unspecified atom stereocenters. The highest BCUT2D eigenvalue weighted by molar-refractivity contribution is 6.06. The lowest BCUT2D eigenvalue weighted by Gasteiger charge is -2.29. The first-order valence-electron chi connectivity index (χ1n) is 13.7. The van der Waals surface area contributed by atoms with E-state index in [0.717, 1.165) is 24.1 Å². The average Bonchev–Trinajstić information content (AvgIpc) is 3.30. The Hall–Kier alpha value is -5.06. The topological polar surface area (TPSA) is 140 Å². The second-order valence-corrected chi connectivity index (χ2v) is 10.2. The number of rotatable bonds is 4. The first-order chi connectivity index (χ1) is 22.0. The van der Waals surface area contributed by atoms with Crippen LogP contribution in [0.15, 0.2) is 73.1 Å². The van der Waals surface area contributed by atoms with Gasteiger partial charge < -0.3 is 20.4 Å². The first-order valence-corrected chi connectivity index (χ1v) is 13.7. The van der Waals surface area contributed by atoms with Gasteiger partial charge in [0.15, 0.2) is 0 Å². The third-order valence-corrected chi connectivity index (χ3v) is 7.02. The molecule has 2 aliphatic heterocycles. The average molecular weight is 673 g/mol. The zero-order valence-electron chi connectivity index (χ0n) is 24.1. The number of anilines is 1. The minimum Gasteiger partial charge on any atom is -0.475 e. The van der Waals surface area contributed by atoms with E-state index < -0.39 is 30.1 Å². The van der Waals surface area contributed by atoms with Crippen molar-refractivity contribution in [3.63, 3.8) is 0 Å². The van der Waals surface area contributed by atoms with E-state index in [1.807, 2.05) is 23.1 Å². The molecule has 0 spiro atoms. The Kier molecular flexibility index (Phi) is 12.0. The molecule has 0 saturated carbocycles. The molecule has 3 heterocycles. The fraction of sp³-hybridized carbons (Fsp3) is 0.300. The van der Waals surface area contributed by atoms with Crippen molar-refractivity contribution < 1.29 is 60.1 Å². The third kappa shape index (κ3) is 10.2. The summed E-state index contributed by atoms with van der Waals surface area (Å²) in [5.74, 6) is -6.27. The van der Waals surface area contributed by atoms with Crippen molar-refractivity contribution in [2.45, 2.75) is 43.8 Å².